The van der Waals surface area contributed by atoms with Crippen molar-refractivity contribution < 1.29 is 0 Å². The zero-order valence-electron chi connectivity index (χ0n) is 12.1. The third-order valence-corrected chi connectivity index (χ3v) is 3.38. The zero-order chi connectivity index (χ0) is 14.1. The number of nitrogens with zero attached hydrogens (tertiary/aromatic N) is 2. The van der Waals surface area contributed by atoms with Gasteiger partial charge in [-0.15, -0.1) is 0 Å². The molecule has 3 heteroatoms. The molecule has 3 aromatic rings. The normalized spacial score (nSPS) is 11.2. The molecule has 20 heavy (non-hydrogen) atoms. The predicted octanol–water partition coefficient (Wildman–Crippen LogP) is 4.51. The van der Waals surface area contributed by atoms with Gasteiger partial charge in [-0.3, -0.25) is 4.40 Å². The molecular weight excluding hydrogens is 246 g/mol. The van der Waals surface area contributed by atoms with Crippen LogP contribution < -0.4 is 5.32 Å². The number of nitrogens with one attached hydrogen (secondary N) is 1. The van der Waals surface area contributed by atoms with Crippen LogP contribution in [0.5, 0.6) is 0 Å². The molecule has 0 spiro atoms. The Hall–Kier alpha value is -2.29. The van der Waals surface area contributed by atoms with E-state index in [0.29, 0.717) is 5.92 Å². The van der Waals surface area contributed by atoms with Gasteiger partial charge < -0.3 is 5.32 Å². The Labute approximate surface area is 119 Å². The maximum absolute atomic E-state index is 4.75. The number of rotatable bonds is 3. The van der Waals surface area contributed by atoms with Crippen LogP contribution in [0.4, 0.5) is 11.5 Å². The average molecular weight is 265 g/mol. The molecule has 1 N–H and O–H groups in total. The van der Waals surface area contributed by atoms with Gasteiger partial charge in [0, 0.05) is 11.9 Å². The van der Waals surface area contributed by atoms with E-state index in [1.807, 2.05) is 18.2 Å². The second-order valence-corrected chi connectivity index (χ2v) is 5.43. The van der Waals surface area contributed by atoms with Crippen LogP contribution in [0.15, 0.2) is 48.7 Å². The minimum absolute atomic E-state index is 0.376. The van der Waals surface area contributed by atoms with Gasteiger partial charge in [0.1, 0.15) is 11.5 Å². The molecule has 0 aliphatic rings. The number of fused-ring (bicyclic) bond motifs is 1. The second-order valence-electron chi connectivity index (χ2n) is 5.43. The number of hydrogen-bond donors (Lipinski definition) is 1. The van der Waals surface area contributed by atoms with Gasteiger partial charge in [0.2, 0.25) is 0 Å². The molecule has 0 fully saturated rings. The van der Waals surface area contributed by atoms with E-state index in [1.165, 1.54) is 5.56 Å². The summed E-state index contributed by atoms with van der Waals surface area (Å²) in [5, 5.41) is 3.50. The number of para-hydroxylation sites is 1. The molecule has 3 rings (SSSR count). The number of aromatic nitrogens is 2. The number of aryl methyl sites for hydroxylation is 1. The molecular formula is C17H19N3. The molecule has 1 aromatic carbocycles. The van der Waals surface area contributed by atoms with E-state index in [9.17, 15) is 0 Å². The van der Waals surface area contributed by atoms with Crippen molar-refractivity contribution in [3.8, 4) is 0 Å². The van der Waals surface area contributed by atoms with Crippen LogP contribution in [0, 0.1) is 6.92 Å². The molecule has 2 heterocycles. The van der Waals surface area contributed by atoms with Gasteiger partial charge >= 0.3 is 0 Å². The lowest BCUT2D eigenvalue weighted by atomic mass is 10.1. The Morgan fingerprint density at radius 3 is 2.50 bits per heavy atom. The van der Waals surface area contributed by atoms with Gasteiger partial charge in [0.15, 0.2) is 0 Å². The Kier molecular flexibility index (Phi) is 3.18. The number of pyridine rings is 1. The molecule has 102 valence electrons. The topological polar surface area (TPSA) is 29.3 Å². The summed E-state index contributed by atoms with van der Waals surface area (Å²) in [6.07, 6.45) is 2.12. The van der Waals surface area contributed by atoms with Crippen LogP contribution in [-0.2, 0) is 0 Å². The first-order valence-corrected chi connectivity index (χ1v) is 6.96. The van der Waals surface area contributed by atoms with Crippen LogP contribution in [0.2, 0.25) is 0 Å². The Balaban J connectivity index is 2.15. The van der Waals surface area contributed by atoms with Crippen LogP contribution in [0.3, 0.4) is 0 Å². The van der Waals surface area contributed by atoms with Crippen molar-refractivity contribution >= 4 is 17.2 Å². The van der Waals surface area contributed by atoms with Crippen molar-refractivity contribution in [3.05, 3.63) is 59.9 Å². The molecule has 0 unspecified atom stereocenters. The summed E-state index contributed by atoms with van der Waals surface area (Å²) < 4.78 is 2.14. The van der Waals surface area contributed by atoms with Crippen molar-refractivity contribution in [1.29, 1.82) is 0 Å². The molecule has 3 nitrogen and oxygen atoms in total. The van der Waals surface area contributed by atoms with Crippen LogP contribution in [0.25, 0.3) is 5.65 Å². The van der Waals surface area contributed by atoms with Gasteiger partial charge in [-0.1, -0.05) is 38.1 Å². The second kappa shape index (κ2) is 5.00. The lowest BCUT2D eigenvalue weighted by Gasteiger charge is -2.10. The number of imidazole rings is 1. The summed E-state index contributed by atoms with van der Waals surface area (Å²) >= 11 is 0. The van der Waals surface area contributed by atoms with E-state index >= 15 is 0 Å². The first kappa shape index (κ1) is 12.7. The average Bonchev–Trinajstić information content (AvgIpc) is 2.78. The maximum Gasteiger partial charge on any atom is 0.138 e. The van der Waals surface area contributed by atoms with Crippen LogP contribution in [0.1, 0.15) is 31.0 Å². The third-order valence-electron chi connectivity index (χ3n) is 3.38. The Bertz CT molecular complexity index is 727. The summed E-state index contributed by atoms with van der Waals surface area (Å²) in [6, 6.07) is 14.4. The molecule has 0 amide bonds. The highest BCUT2D eigenvalue weighted by Gasteiger charge is 2.15. The first-order chi connectivity index (χ1) is 9.65. The van der Waals surface area contributed by atoms with Crippen molar-refractivity contribution in [2.24, 2.45) is 0 Å². The van der Waals surface area contributed by atoms with Crippen molar-refractivity contribution in [2.45, 2.75) is 26.7 Å². The van der Waals surface area contributed by atoms with Crippen molar-refractivity contribution in [3.63, 3.8) is 0 Å². The lowest BCUT2D eigenvalue weighted by Crippen LogP contribution is -1.99. The van der Waals surface area contributed by atoms with Gasteiger partial charge in [0.05, 0.1) is 5.69 Å². The van der Waals surface area contributed by atoms with Crippen molar-refractivity contribution in [2.75, 3.05) is 5.32 Å². The Morgan fingerprint density at radius 1 is 1.05 bits per heavy atom. The summed E-state index contributed by atoms with van der Waals surface area (Å²) in [5.41, 5.74) is 4.39. The van der Waals surface area contributed by atoms with Crippen LogP contribution in [-0.4, -0.2) is 9.38 Å². The van der Waals surface area contributed by atoms with Gasteiger partial charge in [-0.05, 0) is 36.6 Å². The minimum Gasteiger partial charge on any atom is -0.340 e. The molecule has 0 aliphatic carbocycles. The standard InChI is InChI=1S/C17H19N3/c1-12(2)16-17(18-14-7-5-4-6-8-14)20-11-13(3)9-10-15(20)19-16/h4-12,18H,1-3H3. The SMILES string of the molecule is Cc1ccc2nc(C(C)C)c(Nc3ccccc3)n2c1. The first-order valence-electron chi connectivity index (χ1n) is 6.96. The summed E-state index contributed by atoms with van der Waals surface area (Å²) in [5.74, 6) is 1.44. The van der Waals surface area contributed by atoms with E-state index in [0.717, 1.165) is 22.8 Å². The number of anilines is 2. The number of hydrogen-bond acceptors (Lipinski definition) is 2. The zero-order valence-corrected chi connectivity index (χ0v) is 12.1. The minimum atomic E-state index is 0.376. The summed E-state index contributed by atoms with van der Waals surface area (Å²) in [6.45, 7) is 6.44. The highest BCUT2D eigenvalue weighted by molar-refractivity contribution is 5.64. The fourth-order valence-electron chi connectivity index (χ4n) is 2.35. The highest BCUT2D eigenvalue weighted by atomic mass is 15.1. The number of benzene rings is 1. The molecule has 0 atom stereocenters. The van der Waals surface area contributed by atoms with Crippen molar-refractivity contribution in [1.82, 2.24) is 9.38 Å². The van der Waals surface area contributed by atoms with Gasteiger partial charge in [-0.2, -0.15) is 0 Å². The van der Waals surface area contributed by atoms with E-state index in [1.54, 1.807) is 0 Å². The molecule has 0 bridgehead atoms. The smallest absolute Gasteiger partial charge is 0.138 e. The molecule has 0 aliphatic heterocycles. The molecule has 0 radical (unpaired) electrons. The van der Waals surface area contributed by atoms with E-state index in [-0.39, 0.29) is 0 Å². The summed E-state index contributed by atoms with van der Waals surface area (Å²) in [7, 11) is 0. The van der Waals surface area contributed by atoms with E-state index in [4.69, 9.17) is 4.98 Å². The van der Waals surface area contributed by atoms with E-state index < -0.39 is 0 Å². The summed E-state index contributed by atoms with van der Waals surface area (Å²) in [4.78, 5) is 4.75. The van der Waals surface area contributed by atoms with Crippen LogP contribution >= 0.6 is 0 Å². The highest BCUT2D eigenvalue weighted by Crippen LogP contribution is 2.28. The van der Waals surface area contributed by atoms with Gasteiger partial charge in [0.25, 0.3) is 0 Å². The Morgan fingerprint density at radius 2 is 1.80 bits per heavy atom. The largest absolute Gasteiger partial charge is 0.340 e. The lowest BCUT2D eigenvalue weighted by molar-refractivity contribution is 0.837. The molecule has 0 saturated carbocycles. The predicted molar refractivity (Wildman–Crippen MR) is 83.7 cm³/mol. The van der Waals surface area contributed by atoms with Gasteiger partial charge in [-0.25, -0.2) is 4.98 Å². The fourth-order valence-corrected chi connectivity index (χ4v) is 2.35. The van der Waals surface area contributed by atoms with E-state index in [2.05, 4.69) is 61.0 Å². The molecule has 2 aromatic heterocycles. The maximum atomic E-state index is 4.75. The third kappa shape index (κ3) is 2.27. The monoisotopic (exact) mass is 265 g/mol. The quantitative estimate of drug-likeness (QED) is 0.755. The molecule has 0 saturated heterocycles. The fraction of sp³-hybridized carbons (Fsp3) is 0.235.